The predicted octanol–water partition coefficient (Wildman–Crippen LogP) is 3.54. The summed E-state index contributed by atoms with van der Waals surface area (Å²) in [6.45, 7) is 5.47. The highest BCUT2D eigenvalue weighted by atomic mass is 32.2. The Balaban J connectivity index is 2.21. The molecule has 2 heteroatoms. The van der Waals surface area contributed by atoms with E-state index in [-0.39, 0.29) is 0 Å². The first kappa shape index (κ1) is 12.0. The van der Waals surface area contributed by atoms with Crippen LogP contribution < -0.4 is 5.32 Å². The number of nitrogens with one attached hydrogen (secondary N) is 1. The summed E-state index contributed by atoms with van der Waals surface area (Å²) in [7, 11) is 0. The molecule has 1 aromatic rings. The van der Waals surface area contributed by atoms with Gasteiger partial charge in [0, 0.05) is 11.3 Å². The maximum atomic E-state index is 3.66. The number of aryl methyl sites for hydroxylation is 1. The van der Waals surface area contributed by atoms with Crippen LogP contribution in [0.15, 0.2) is 24.3 Å². The smallest absolute Gasteiger partial charge is 0.0443 e. The molecule has 88 valence electrons. The average molecular weight is 235 g/mol. The van der Waals surface area contributed by atoms with Crippen molar-refractivity contribution in [3.8, 4) is 0 Å². The lowest BCUT2D eigenvalue weighted by atomic mass is 9.96. The molecular weight excluding hydrogens is 214 g/mol. The number of thioether (sulfide) groups is 1. The lowest BCUT2D eigenvalue weighted by Crippen LogP contribution is -2.29. The molecule has 0 bridgehead atoms. The van der Waals surface area contributed by atoms with Crippen molar-refractivity contribution in [2.24, 2.45) is 0 Å². The van der Waals surface area contributed by atoms with E-state index in [2.05, 4.69) is 55.2 Å². The number of hydrogen-bond acceptors (Lipinski definition) is 2. The summed E-state index contributed by atoms with van der Waals surface area (Å²) >= 11 is 2.13. The summed E-state index contributed by atoms with van der Waals surface area (Å²) in [6, 6.07) is 9.33. The van der Waals surface area contributed by atoms with E-state index in [0.717, 1.165) is 11.8 Å². The zero-order valence-electron chi connectivity index (χ0n) is 10.2. The molecule has 16 heavy (non-hydrogen) atoms. The van der Waals surface area contributed by atoms with E-state index in [9.17, 15) is 0 Å². The minimum atomic E-state index is 0.540. The molecule has 0 spiro atoms. The van der Waals surface area contributed by atoms with Crippen molar-refractivity contribution in [2.75, 3.05) is 12.3 Å². The van der Waals surface area contributed by atoms with Crippen LogP contribution in [0.2, 0.25) is 0 Å². The molecule has 0 aromatic heterocycles. The minimum Gasteiger partial charge on any atom is -0.309 e. The summed E-state index contributed by atoms with van der Waals surface area (Å²) in [6.07, 6.45) is 2.74. The van der Waals surface area contributed by atoms with Gasteiger partial charge in [-0.25, -0.2) is 0 Å². The van der Waals surface area contributed by atoms with Gasteiger partial charge in [-0.2, -0.15) is 11.8 Å². The van der Waals surface area contributed by atoms with Gasteiger partial charge in [0.15, 0.2) is 0 Å². The normalized spacial score (nSPS) is 22.2. The SMILES string of the molecule is CCNC(c1ccccc1C)C1CCCS1. The summed E-state index contributed by atoms with van der Waals surface area (Å²) in [5.74, 6) is 1.33. The van der Waals surface area contributed by atoms with Gasteiger partial charge < -0.3 is 5.32 Å². The molecule has 1 aliphatic rings. The van der Waals surface area contributed by atoms with Crippen molar-refractivity contribution in [3.05, 3.63) is 35.4 Å². The summed E-state index contributed by atoms with van der Waals surface area (Å²) in [5, 5.41) is 4.43. The monoisotopic (exact) mass is 235 g/mol. The lowest BCUT2D eigenvalue weighted by molar-refractivity contribution is 0.517. The van der Waals surface area contributed by atoms with Gasteiger partial charge in [-0.05, 0) is 43.2 Å². The second kappa shape index (κ2) is 5.74. The Morgan fingerprint density at radius 1 is 1.44 bits per heavy atom. The molecule has 1 heterocycles. The van der Waals surface area contributed by atoms with Crippen molar-refractivity contribution >= 4 is 11.8 Å². The third-order valence-corrected chi connectivity index (χ3v) is 4.74. The Labute approximate surface area is 103 Å². The van der Waals surface area contributed by atoms with E-state index in [4.69, 9.17) is 0 Å². The first-order valence-corrected chi connectivity index (χ1v) is 7.28. The molecule has 2 atom stereocenters. The molecule has 1 N–H and O–H groups in total. The molecule has 2 rings (SSSR count). The molecule has 1 aromatic carbocycles. The minimum absolute atomic E-state index is 0.540. The molecule has 2 unspecified atom stereocenters. The average Bonchev–Trinajstić information content (AvgIpc) is 2.80. The second-order valence-electron chi connectivity index (χ2n) is 4.44. The van der Waals surface area contributed by atoms with E-state index in [1.807, 2.05) is 0 Å². The first-order chi connectivity index (χ1) is 7.83. The highest BCUT2D eigenvalue weighted by molar-refractivity contribution is 8.00. The van der Waals surface area contributed by atoms with E-state index >= 15 is 0 Å². The Hall–Kier alpha value is -0.470. The molecule has 1 aliphatic heterocycles. The molecule has 0 aliphatic carbocycles. The number of hydrogen-bond donors (Lipinski definition) is 1. The molecule has 0 saturated carbocycles. The van der Waals surface area contributed by atoms with E-state index in [1.54, 1.807) is 0 Å². The van der Waals surface area contributed by atoms with Crippen LogP contribution in [0.25, 0.3) is 0 Å². The van der Waals surface area contributed by atoms with E-state index in [0.29, 0.717) is 6.04 Å². The quantitative estimate of drug-likeness (QED) is 0.856. The molecule has 1 fully saturated rings. The first-order valence-electron chi connectivity index (χ1n) is 6.23. The zero-order chi connectivity index (χ0) is 11.4. The van der Waals surface area contributed by atoms with Gasteiger partial charge in [-0.3, -0.25) is 0 Å². The standard InChI is InChI=1S/C14H21NS/c1-3-15-14(13-9-6-10-16-13)12-8-5-4-7-11(12)2/h4-5,7-8,13-15H,3,6,9-10H2,1-2H3. The van der Waals surface area contributed by atoms with Gasteiger partial charge >= 0.3 is 0 Å². The van der Waals surface area contributed by atoms with Crippen LogP contribution in [0, 0.1) is 6.92 Å². The van der Waals surface area contributed by atoms with Crippen LogP contribution in [0.3, 0.4) is 0 Å². The Bertz CT molecular complexity index is 331. The summed E-state index contributed by atoms with van der Waals surface area (Å²) < 4.78 is 0. The fraction of sp³-hybridized carbons (Fsp3) is 0.571. The van der Waals surface area contributed by atoms with Crippen molar-refractivity contribution in [2.45, 2.75) is 38.0 Å². The van der Waals surface area contributed by atoms with Crippen molar-refractivity contribution in [1.82, 2.24) is 5.32 Å². The van der Waals surface area contributed by atoms with Gasteiger partial charge in [0.2, 0.25) is 0 Å². The predicted molar refractivity (Wildman–Crippen MR) is 73.1 cm³/mol. The largest absolute Gasteiger partial charge is 0.309 e. The number of rotatable bonds is 4. The molecule has 1 saturated heterocycles. The van der Waals surface area contributed by atoms with E-state index in [1.165, 1.54) is 29.7 Å². The third kappa shape index (κ3) is 2.61. The molecule has 0 amide bonds. The van der Waals surface area contributed by atoms with Crippen LogP contribution in [-0.2, 0) is 0 Å². The van der Waals surface area contributed by atoms with Crippen molar-refractivity contribution < 1.29 is 0 Å². The van der Waals surface area contributed by atoms with Crippen molar-refractivity contribution in [3.63, 3.8) is 0 Å². The van der Waals surface area contributed by atoms with Crippen LogP contribution in [-0.4, -0.2) is 17.5 Å². The topological polar surface area (TPSA) is 12.0 Å². The number of benzene rings is 1. The highest BCUT2D eigenvalue weighted by Gasteiger charge is 2.26. The van der Waals surface area contributed by atoms with Gasteiger partial charge in [0.1, 0.15) is 0 Å². The zero-order valence-corrected chi connectivity index (χ0v) is 11.0. The molecular formula is C14H21NS. The molecule has 1 nitrogen and oxygen atoms in total. The fourth-order valence-corrected chi connectivity index (χ4v) is 3.87. The van der Waals surface area contributed by atoms with Crippen LogP contribution in [0.5, 0.6) is 0 Å². The second-order valence-corrected chi connectivity index (χ2v) is 5.79. The van der Waals surface area contributed by atoms with Gasteiger partial charge in [0.25, 0.3) is 0 Å². The summed E-state index contributed by atoms with van der Waals surface area (Å²) in [4.78, 5) is 0. The molecule has 0 radical (unpaired) electrons. The maximum absolute atomic E-state index is 3.66. The Morgan fingerprint density at radius 3 is 2.88 bits per heavy atom. The Morgan fingerprint density at radius 2 is 2.25 bits per heavy atom. The summed E-state index contributed by atoms with van der Waals surface area (Å²) in [5.41, 5.74) is 2.91. The van der Waals surface area contributed by atoms with E-state index < -0.39 is 0 Å². The fourth-order valence-electron chi connectivity index (χ4n) is 2.46. The third-order valence-electron chi connectivity index (χ3n) is 3.28. The van der Waals surface area contributed by atoms with Crippen LogP contribution in [0.1, 0.15) is 36.9 Å². The van der Waals surface area contributed by atoms with Gasteiger partial charge in [-0.1, -0.05) is 31.2 Å². The Kier molecular flexibility index (Phi) is 4.30. The van der Waals surface area contributed by atoms with Crippen LogP contribution >= 0.6 is 11.8 Å². The van der Waals surface area contributed by atoms with Gasteiger partial charge in [0.05, 0.1) is 0 Å². The highest BCUT2D eigenvalue weighted by Crippen LogP contribution is 2.36. The maximum Gasteiger partial charge on any atom is 0.0443 e. The lowest BCUT2D eigenvalue weighted by Gasteiger charge is -2.25. The van der Waals surface area contributed by atoms with Gasteiger partial charge in [-0.15, -0.1) is 0 Å². The van der Waals surface area contributed by atoms with Crippen molar-refractivity contribution in [1.29, 1.82) is 0 Å². The van der Waals surface area contributed by atoms with Crippen LogP contribution in [0.4, 0.5) is 0 Å².